The van der Waals surface area contributed by atoms with Crippen molar-refractivity contribution in [2.24, 2.45) is 5.84 Å². The Morgan fingerprint density at radius 2 is 2.00 bits per heavy atom. The predicted octanol–water partition coefficient (Wildman–Crippen LogP) is 0.465. The molecule has 0 amide bonds. The number of halogens is 1. The van der Waals surface area contributed by atoms with Crippen molar-refractivity contribution in [2.45, 2.75) is 25.3 Å². The lowest BCUT2D eigenvalue weighted by Crippen LogP contribution is -2.37. The number of nitrogens with two attached hydrogens (primary N) is 1. The maximum absolute atomic E-state index is 5.59. The summed E-state index contributed by atoms with van der Waals surface area (Å²) in [5.74, 6) is 5.04. The maximum atomic E-state index is 5.59. The number of hydrogen-bond acceptors (Lipinski definition) is 2. The largest absolute Gasteiger partial charge is 0.271 e. The van der Waals surface area contributed by atoms with Crippen molar-refractivity contribution >= 4 is 11.6 Å². The minimum Gasteiger partial charge on any atom is -0.271 e. The van der Waals surface area contributed by atoms with Gasteiger partial charge in [0.15, 0.2) is 0 Å². The molecule has 2 nitrogen and oxygen atoms in total. The first-order valence-corrected chi connectivity index (χ1v) is 2.72. The molecule has 0 aliphatic rings. The van der Waals surface area contributed by atoms with Crippen LogP contribution in [0.3, 0.4) is 0 Å². The van der Waals surface area contributed by atoms with E-state index in [1.54, 1.807) is 0 Å². The van der Waals surface area contributed by atoms with E-state index < -0.39 is 0 Å². The van der Waals surface area contributed by atoms with Crippen LogP contribution in [0, 0.1) is 0 Å². The second kappa shape index (κ2) is 3.24. The van der Waals surface area contributed by atoms with E-state index in [2.05, 4.69) is 5.43 Å². The normalized spacial score (nSPS) is 18.9. The second-order valence-corrected chi connectivity index (χ2v) is 2.32. The van der Waals surface area contributed by atoms with Gasteiger partial charge < -0.3 is 0 Å². The number of hydrazine groups is 1. The van der Waals surface area contributed by atoms with Gasteiger partial charge in [0.05, 0.1) is 0 Å². The average Bonchev–Trinajstić information content (AvgIpc) is 1.65. The number of alkyl halides is 1. The predicted molar refractivity (Wildman–Crippen MR) is 32.1 cm³/mol. The SMILES string of the molecule is CC(NN)[C@H](C)Cl. The lowest BCUT2D eigenvalue weighted by molar-refractivity contribution is 0.561. The Balaban J connectivity index is 3.14. The van der Waals surface area contributed by atoms with Crippen LogP contribution in [0.4, 0.5) is 0 Å². The highest BCUT2D eigenvalue weighted by atomic mass is 35.5. The van der Waals surface area contributed by atoms with Crippen molar-refractivity contribution in [2.75, 3.05) is 0 Å². The van der Waals surface area contributed by atoms with Gasteiger partial charge in [0.2, 0.25) is 0 Å². The van der Waals surface area contributed by atoms with Crippen LogP contribution in [-0.4, -0.2) is 11.4 Å². The number of rotatable bonds is 2. The van der Waals surface area contributed by atoms with Gasteiger partial charge in [-0.3, -0.25) is 11.3 Å². The molecule has 0 aromatic heterocycles. The lowest BCUT2D eigenvalue weighted by Gasteiger charge is -2.10. The zero-order chi connectivity index (χ0) is 5.86. The first kappa shape index (κ1) is 7.21. The van der Waals surface area contributed by atoms with Gasteiger partial charge in [0.25, 0.3) is 0 Å². The molecule has 0 fully saturated rings. The molecule has 1 unspecified atom stereocenters. The summed E-state index contributed by atoms with van der Waals surface area (Å²) in [7, 11) is 0. The average molecular weight is 123 g/mol. The van der Waals surface area contributed by atoms with E-state index in [4.69, 9.17) is 17.4 Å². The van der Waals surface area contributed by atoms with Crippen LogP contribution in [-0.2, 0) is 0 Å². The summed E-state index contributed by atoms with van der Waals surface area (Å²) in [4.78, 5) is 0. The van der Waals surface area contributed by atoms with Gasteiger partial charge in [-0.15, -0.1) is 11.6 Å². The van der Waals surface area contributed by atoms with Crippen LogP contribution in [0.25, 0.3) is 0 Å². The van der Waals surface area contributed by atoms with E-state index in [1.165, 1.54) is 0 Å². The molecular formula is C4H11ClN2. The minimum absolute atomic E-state index is 0.102. The lowest BCUT2D eigenvalue weighted by atomic mass is 10.3. The molecule has 0 bridgehead atoms. The zero-order valence-corrected chi connectivity index (χ0v) is 5.37. The fourth-order valence-corrected chi connectivity index (χ4v) is 0.205. The Morgan fingerprint density at radius 1 is 1.57 bits per heavy atom. The van der Waals surface area contributed by atoms with E-state index in [0.29, 0.717) is 0 Å². The van der Waals surface area contributed by atoms with Crippen LogP contribution in [0.2, 0.25) is 0 Å². The van der Waals surface area contributed by atoms with Crippen LogP contribution in [0.1, 0.15) is 13.8 Å². The molecular weight excluding hydrogens is 112 g/mol. The van der Waals surface area contributed by atoms with E-state index in [-0.39, 0.29) is 11.4 Å². The monoisotopic (exact) mass is 122 g/mol. The van der Waals surface area contributed by atoms with E-state index in [1.807, 2.05) is 13.8 Å². The highest BCUT2D eigenvalue weighted by molar-refractivity contribution is 6.20. The standard InChI is InChI=1S/C4H11ClN2/c1-3(5)4(2)7-6/h3-4,7H,6H2,1-2H3/t3-,4?/m0/s1. The molecule has 3 N–H and O–H groups in total. The first-order chi connectivity index (χ1) is 3.18. The molecule has 3 heteroatoms. The topological polar surface area (TPSA) is 38.0 Å². The molecule has 0 aliphatic carbocycles. The molecule has 0 spiro atoms. The summed E-state index contributed by atoms with van der Waals surface area (Å²) < 4.78 is 0. The summed E-state index contributed by atoms with van der Waals surface area (Å²) >= 11 is 5.59. The minimum atomic E-state index is 0.102. The smallest absolute Gasteiger partial charge is 0.0471 e. The Labute approximate surface area is 49.0 Å². The first-order valence-electron chi connectivity index (χ1n) is 2.28. The van der Waals surface area contributed by atoms with Crippen molar-refractivity contribution in [1.29, 1.82) is 0 Å². The molecule has 0 aromatic rings. The van der Waals surface area contributed by atoms with E-state index in [0.717, 1.165) is 0 Å². The van der Waals surface area contributed by atoms with Gasteiger partial charge in [0, 0.05) is 11.4 Å². The second-order valence-electron chi connectivity index (χ2n) is 1.63. The van der Waals surface area contributed by atoms with E-state index in [9.17, 15) is 0 Å². The Hall–Kier alpha value is 0.210. The molecule has 0 saturated carbocycles. The molecule has 7 heavy (non-hydrogen) atoms. The van der Waals surface area contributed by atoms with Crippen LogP contribution in [0.15, 0.2) is 0 Å². The molecule has 0 radical (unpaired) electrons. The number of hydrogen-bond donors (Lipinski definition) is 2. The zero-order valence-electron chi connectivity index (χ0n) is 4.61. The maximum Gasteiger partial charge on any atom is 0.0471 e. The Kier molecular flexibility index (Phi) is 3.34. The van der Waals surface area contributed by atoms with Crippen molar-refractivity contribution in [3.63, 3.8) is 0 Å². The van der Waals surface area contributed by atoms with Gasteiger partial charge in [-0.1, -0.05) is 0 Å². The van der Waals surface area contributed by atoms with Gasteiger partial charge >= 0.3 is 0 Å². The molecule has 0 aliphatic heterocycles. The van der Waals surface area contributed by atoms with Crippen LogP contribution in [0.5, 0.6) is 0 Å². The van der Waals surface area contributed by atoms with Crippen LogP contribution >= 0.6 is 11.6 Å². The quantitative estimate of drug-likeness (QED) is 0.317. The number of nitrogens with one attached hydrogen (secondary N) is 1. The van der Waals surface area contributed by atoms with Gasteiger partial charge in [-0.05, 0) is 13.8 Å². The van der Waals surface area contributed by atoms with Gasteiger partial charge in [-0.2, -0.15) is 0 Å². The molecule has 0 rings (SSSR count). The van der Waals surface area contributed by atoms with Crippen molar-refractivity contribution in [3.8, 4) is 0 Å². The van der Waals surface area contributed by atoms with Crippen LogP contribution < -0.4 is 11.3 Å². The summed E-state index contributed by atoms with van der Waals surface area (Å²) in [5, 5.41) is 0.102. The molecule has 0 saturated heterocycles. The third kappa shape index (κ3) is 2.85. The highest BCUT2D eigenvalue weighted by Crippen LogP contribution is 1.97. The van der Waals surface area contributed by atoms with Crippen molar-refractivity contribution < 1.29 is 0 Å². The fourth-order valence-electron chi connectivity index (χ4n) is 0.133. The third-order valence-corrected chi connectivity index (χ3v) is 1.33. The van der Waals surface area contributed by atoms with E-state index >= 15 is 0 Å². The van der Waals surface area contributed by atoms with Crippen molar-refractivity contribution in [3.05, 3.63) is 0 Å². The molecule has 0 aromatic carbocycles. The van der Waals surface area contributed by atoms with Gasteiger partial charge in [0.1, 0.15) is 0 Å². The summed E-state index contributed by atoms with van der Waals surface area (Å²) in [5.41, 5.74) is 2.53. The summed E-state index contributed by atoms with van der Waals surface area (Å²) in [6.07, 6.45) is 0. The molecule has 0 heterocycles. The molecule has 44 valence electrons. The Bertz CT molecular complexity index is 47.0. The Morgan fingerprint density at radius 3 is 2.00 bits per heavy atom. The highest BCUT2D eigenvalue weighted by Gasteiger charge is 2.03. The summed E-state index contributed by atoms with van der Waals surface area (Å²) in [6.45, 7) is 3.82. The van der Waals surface area contributed by atoms with Crippen molar-refractivity contribution in [1.82, 2.24) is 5.43 Å². The van der Waals surface area contributed by atoms with Gasteiger partial charge in [-0.25, -0.2) is 0 Å². The molecule has 2 atom stereocenters. The summed E-state index contributed by atoms with van der Waals surface area (Å²) in [6, 6.07) is 0.196. The fraction of sp³-hybridized carbons (Fsp3) is 1.00. The third-order valence-electron chi connectivity index (χ3n) is 0.952.